The average molecular weight is 276 g/mol. The van der Waals surface area contributed by atoms with Gasteiger partial charge in [-0.1, -0.05) is 0 Å². The monoisotopic (exact) mass is 276 g/mol. The maximum Gasteiger partial charge on any atom is 0.305 e. The van der Waals surface area contributed by atoms with Gasteiger partial charge in [0.2, 0.25) is 5.82 Å². The van der Waals surface area contributed by atoms with Crippen LogP contribution in [0.1, 0.15) is 12.0 Å². The lowest BCUT2D eigenvalue weighted by atomic mass is 10.1. The molecule has 0 aliphatic heterocycles. The van der Waals surface area contributed by atoms with E-state index < -0.39 is 22.2 Å². The van der Waals surface area contributed by atoms with Crippen LogP contribution in [0.5, 0.6) is 0 Å². The number of rotatable bonds is 7. The Balaban J connectivity index is 2.65. The average Bonchev–Trinajstić information content (AvgIpc) is 2.30. The molecule has 0 spiro atoms. The SMILES string of the molecule is CSCCCNCc1cc([N+](=O)[O-])c(F)cc1F. The smallest absolute Gasteiger partial charge is 0.305 e. The minimum atomic E-state index is -1.15. The first kappa shape index (κ1) is 14.8. The molecule has 4 nitrogen and oxygen atoms in total. The van der Waals surface area contributed by atoms with Crippen molar-refractivity contribution in [2.24, 2.45) is 0 Å². The topological polar surface area (TPSA) is 55.2 Å². The van der Waals surface area contributed by atoms with E-state index in [9.17, 15) is 18.9 Å². The summed E-state index contributed by atoms with van der Waals surface area (Å²) >= 11 is 1.71. The number of benzene rings is 1. The van der Waals surface area contributed by atoms with Crippen LogP contribution in [0.25, 0.3) is 0 Å². The van der Waals surface area contributed by atoms with Crippen LogP contribution in [0.2, 0.25) is 0 Å². The third kappa shape index (κ3) is 4.23. The first-order valence-corrected chi connectivity index (χ1v) is 6.77. The molecule has 0 fully saturated rings. The Morgan fingerprint density at radius 3 is 2.72 bits per heavy atom. The maximum atomic E-state index is 13.4. The van der Waals surface area contributed by atoms with Gasteiger partial charge in [0.15, 0.2) is 0 Å². The standard InChI is InChI=1S/C11H14F2N2O2S/c1-18-4-2-3-14-7-8-5-11(15(16)17)10(13)6-9(8)12/h5-6,14H,2-4,7H2,1H3. The largest absolute Gasteiger partial charge is 0.313 e. The summed E-state index contributed by atoms with van der Waals surface area (Å²) in [5.41, 5.74) is -0.593. The number of hydrogen-bond donors (Lipinski definition) is 1. The molecule has 0 heterocycles. The van der Waals surface area contributed by atoms with Crippen molar-refractivity contribution in [3.05, 3.63) is 39.4 Å². The van der Waals surface area contributed by atoms with Crippen LogP contribution in [0.15, 0.2) is 12.1 Å². The van der Waals surface area contributed by atoms with Gasteiger partial charge in [0.1, 0.15) is 5.82 Å². The molecule has 0 aliphatic carbocycles. The Morgan fingerprint density at radius 1 is 1.39 bits per heavy atom. The van der Waals surface area contributed by atoms with Gasteiger partial charge in [-0.3, -0.25) is 10.1 Å². The highest BCUT2D eigenvalue weighted by molar-refractivity contribution is 7.98. The van der Waals surface area contributed by atoms with E-state index in [0.29, 0.717) is 12.6 Å². The molecular weight excluding hydrogens is 262 g/mol. The fourth-order valence-corrected chi connectivity index (χ4v) is 1.85. The number of nitro groups is 1. The van der Waals surface area contributed by atoms with E-state index in [2.05, 4.69) is 5.32 Å². The minimum absolute atomic E-state index is 0.104. The Morgan fingerprint density at radius 2 is 2.11 bits per heavy atom. The van der Waals surface area contributed by atoms with E-state index in [1.54, 1.807) is 11.8 Å². The van der Waals surface area contributed by atoms with E-state index in [0.717, 1.165) is 18.2 Å². The summed E-state index contributed by atoms with van der Waals surface area (Å²) in [7, 11) is 0. The molecule has 0 saturated heterocycles. The predicted molar refractivity (Wildman–Crippen MR) is 67.7 cm³/mol. The highest BCUT2D eigenvalue weighted by atomic mass is 32.2. The lowest BCUT2D eigenvalue weighted by Gasteiger charge is -2.06. The third-order valence-corrected chi connectivity index (χ3v) is 3.03. The van der Waals surface area contributed by atoms with Crippen molar-refractivity contribution < 1.29 is 13.7 Å². The molecule has 18 heavy (non-hydrogen) atoms. The highest BCUT2D eigenvalue weighted by Gasteiger charge is 2.17. The zero-order valence-electron chi connectivity index (χ0n) is 9.91. The normalized spacial score (nSPS) is 10.6. The fraction of sp³-hybridized carbons (Fsp3) is 0.455. The summed E-state index contributed by atoms with van der Waals surface area (Å²) in [5, 5.41) is 13.5. The van der Waals surface area contributed by atoms with Crippen molar-refractivity contribution in [3.63, 3.8) is 0 Å². The van der Waals surface area contributed by atoms with Crippen molar-refractivity contribution in [1.29, 1.82) is 0 Å². The van der Waals surface area contributed by atoms with E-state index >= 15 is 0 Å². The van der Waals surface area contributed by atoms with Crippen molar-refractivity contribution in [2.75, 3.05) is 18.6 Å². The molecule has 1 aromatic rings. The fourth-order valence-electron chi connectivity index (χ4n) is 1.42. The summed E-state index contributed by atoms with van der Waals surface area (Å²) in [6.45, 7) is 0.840. The molecule has 0 aliphatic rings. The van der Waals surface area contributed by atoms with Crippen molar-refractivity contribution in [1.82, 2.24) is 5.32 Å². The lowest BCUT2D eigenvalue weighted by Crippen LogP contribution is -2.16. The summed E-state index contributed by atoms with van der Waals surface area (Å²) in [4.78, 5) is 9.67. The molecule has 0 atom stereocenters. The van der Waals surface area contributed by atoms with Crippen LogP contribution >= 0.6 is 11.8 Å². The van der Waals surface area contributed by atoms with Crippen LogP contribution in [0.3, 0.4) is 0 Å². The quantitative estimate of drug-likeness (QED) is 0.472. The highest BCUT2D eigenvalue weighted by Crippen LogP contribution is 2.21. The van der Waals surface area contributed by atoms with Gasteiger partial charge in [0.25, 0.3) is 0 Å². The van der Waals surface area contributed by atoms with Gasteiger partial charge in [-0.05, 0) is 25.0 Å². The number of nitro benzene ring substituents is 1. The van der Waals surface area contributed by atoms with Crippen LogP contribution in [0.4, 0.5) is 14.5 Å². The minimum Gasteiger partial charge on any atom is -0.313 e. The molecule has 0 saturated carbocycles. The molecule has 1 aromatic carbocycles. The van der Waals surface area contributed by atoms with Crippen molar-refractivity contribution in [2.45, 2.75) is 13.0 Å². The van der Waals surface area contributed by atoms with Gasteiger partial charge in [-0.15, -0.1) is 0 Å². The van der Waals surface area contributed by atoms with Crippen LogP contribution < -0.4 is 5.32 Å². The molecule has 100 valence electrons. The van der Waals surface area contributed by atoms with Crippen LogP contribution in [0, 0.1) is 21.7 Å². The molecule has 0 radical (unpaired) electrons. The number of hydrogen-bond acceptors (Lipinski definition) is 4. The Bertz CT molecular complexity index is 430. The van der Waals surface area contributed by atoms with Gasteiger partial charge >= 0.3 is 5.69 Å². The number of thioether (sulfide) groups is 1. The van der Waals surface area contributed by atoms with Crippen molar-refractivity contribution in [3.8, 4) is 0 Å². The zero-order chi connectivity index (χ0) is 13.5. The number of nitrogens with one attached hydrogen (secondary N) is 1. The summed E-state index contributed by atoms with van der Waals surface area (Å²) in [5.74, 6) is -0.932. The molecular formula is C11H14F2N2O2S. The number of nitrogens with zero attached hydrogens (tertiary/aromatic N) is 1. The first-order valence-electron chi connectivity index (χ1n) is 5.38. The summed E-state index contributed by atoms with van der Waals surface area (Å²) in [6, 6.07) is 1.49. The van der Waals surface area contributed by atoms with Gasteiger partial charge in [0.05, 0.1) is 4.92 Å². The summed E-state index contributed by atoms with van der Waals surface area (Å²) < 4.78 is 26.4. The van der Waals surface area contributed by atoms with Crippen molar-refractivity contribution >= 4 is 17.4 Å². The summed E-state index contributed by atoms with van der Waals surface area (Å²) in [6.07, 6.45) is 2.91. The van der Waals surface area contributed by atoms with Crippen LogP contribution in [-0.2, 0) is 6.54 Å². The molecule has 0 bridgehead atoms. The van der Waals surface area contributed by atoms with E-state index in [1.165, 1.54) is 0 Å². The van der Waals surface area contributed by atoms with E-state index in [-0.39, 0.29) is 12.1 Å². The van der Waals surface area contributed by atoms with E-state index in [4.69, 9.17) is 0 Å². The molecule has 0 unspecified atom stereocenters. The number of halogens is 2. The third-order valence-electron chi connectivity index (χ3n) is 2.33. The first-order chi connectivity index (χ1) is 8.56. The maximum absolute atomic E-state index is 13.4. The molecule has 7 heteroatoms. The lowest BCUT2D eigenvalue weighted by molar-refractivity contribution is -0.387. The Hall–Kier alpha value is -1.21. The van der Waals surface area contributed by atoms with Gasteiger partial charge < -0.3 is 5.32 Å². The molecule has 0 aromatic heterocycles. The van der Waals surface area contributed by atoms with E-state index in [1.807, 2.05) is 6.26 Å². The molecule has 1 N–H and O–H groups in total. The Labute approximate surface area is 108 Å². The second-order valence-corrected chi connectivity index (χ2v) is 4.66. The van der Waals surface area contributed by atoms with Crippen LogP contribution in [-0.4, -0.2) is 23.5 Å². The second kappa shape index (κ2) is 7.27. The molecule has 0 amide bonds. The molecule has 1 rings (SSSR count). The van der Waals surface area contributed by atoms with Gasteiger partial charge in [0, 0.05) is 24.2 Å². The second-order valence-electron chi connectivity index (χ2n) is 3.68. The Kier molecular flexibility index (Phi) is 6.00. The van der Waals surface area contributed by atoms with Gasteiger partial charge in [-0.25, -0.2) is 4.39 Å². The predicted octanol–water partition coefficient (Wildman–Crippen LogP) is 2.72. The van der Waals surface area contributed by atoms with Gasteiger partial charge in [-0.2, -0.15) is 16.2 Å². The zero-order valence-corrected chi connectivity index (χ0v) is 10.7.